The number of anilines is 1. The molecule has 0 aliphatic carbocycles. The van der Waals surface area contributed by atoms with Gasteiger partial charge in [0.15, 0.2) is 10.9 Å². The van der Waals surface area contributed by atoms with Gasteiger partial charge >= 0.3 is 0 Å². The Hall–Kier alpha value is -3.17. The first-order chi connectivity index (χ1) is 14.5. The molecule has 0 radical (unpaired) electrons. The third-order valence-electron chi connectivity index (χ3n) is 4.71. The zero-order valence-corrected chi connectivity index (χ0v) is 18.4. The van der Waals surface area contributed by atoms with Crippen molar-refractivity contribution in [2.24, 2.45) is 0 Å². The number of aryl methyl sites for hydroxylation is 3. The largest absolute Gasteiger partial charge is 0.332 e. The molecule has 0 aliphatic heterocycles. The fourth-order valence-electron chi connectivity index (χ4n) is 3.08. The van der Waals surface area contributed by atoms with E-state index in [-0.39, 0.29) is 11.0 Å². The van der Waals surface area contributed by atoms with E-state index in [1.54, 1.807) is 10.6 Å². The Bertz CT molecular complexity index is 1260. The Kier molecular flexibility index (Phi) is 5.56. The van der Waals surface area contributed by atoms with Crippen LogP contribution in [0, 0.1) is 13.8 Å². The summed E-state index contributed by atoms with van der Waals surface area (Å²) in [6.07, 6.45) is 0.776. The van der Waals surface area contributed by atoms with Crippen molar-refractivity contribution in [2.75, 3.05) is 5.32 Å². The molecule has 0 atom stereocenters. The average Bonchev–Trinajstić information content (AvgIpc) is 3.30. The van der Waals surface area contributed by atoms with E-state index in [9.17, 15) is 4.79 Å². The monoisotopic (exact) mass is 436 g/mol. The summed E-state index contributed by atoms with van der Waals surface area (Å²) in [5, 5.41) is 19.9. The van der Waals surface area contributed by atoms with Crippen LogP contribution >= 0.6 is 23.6 Å². The van der Waals surface area contributed by atoms with E-state index in [1.807, 2.05) is 57.2 Å². The molecule has 0 bridgehead atoms. The molecule has 1 amide bonds. The molecule has 0 fully saturated rings. The molecule has 4 aromatic rings. The Morgan fingerprint density at radius 2 is 1.93 bits per heavy atom. The van der Waals surface area contributed by atoms with Gasteiger partial charge in [-0.25, -0.2) is 0 Å². The number of thiocarbonyl (C=S) groups is 1. The minimum absolute atomic E-state index is 0.230. The van der Waals surface area contributed by atoms with Crippen LogP contribution in [0.1, 0.15) is 34.2 Å². The molecule has 2 heterocycles. The highest BCUT2D eigenvalue weighted by molar-refractivity contribution is 7.80. The Balaban J connectivity index is 1.49. The highest BCUT2D eigenvalue weighted by Gasteiger charge is 2.14. The normalized spacial score (nSPS) is 10.9. The van der Waals surface area contributed by atoms with Crippen molar-refractivity contribution >= 4 is 45.2 Å². The summed E-state index contributed by atoms with van der Waals surface area (Å²) < 4.78 is 1.79. The predicted molar refractivity (Wildman–Crippen MR) is 123 cm³/mol. The van der Waals surface area contributed by atoms with Gasteiger partial charge in [0, 0.05) is 23.2 Å². The second-order valence-electron chi connectivity index (χ2n) is 6.82. The van der Waals surface area contributed by atoms with Gasteiger partial charge < -0.3 is 5.32 Å². The van der Waals surface area contributed by atoms with Crippen LogP contribution in [0.4, 0.5) is 5.69 Å². The summed E-state index contributed by atoms with van der Waals surface area (Å²) in [5.74, 6) is 0.614. The number of hydrogen-bond acceptors (Lipinski definition) is 6. The van der Waals surface area contributed by atoms with Gasteiger partial charge in [-0.2, -0.15) is 9.61 Å². The van der Waals surface area contributed by atoms with E-state index in [4.69, 9.17) is 12.2 Å². The number of nitrogens with zero attached hydrogens (tertiary/aromatic N) is 4. The lowest BCUT2D eigenvalue weighted by Gasteiger charge is -2.13. The van der Waals surface area contributed by atoms with Crippen molar-refractivity contribution in [1.29, 1.82) is 0 Å². The fourth-order valence-corrected chi connectivity index (χ4v) is 4.14. The van der Waals surface area contributed by atoms with Crippen molar-refractivity contribution in [2.45, 2.75) is 27.2 Å². The number of fused-ring (bicyclic) bond motifs is 1. The molecular weight excluding hydrogens is 416 g/mol. The molecule has 4 rings (SSSR count). The van der Waals surface area contributed by atoms with Crippen molar-refractivity contribution < 1.29 is 4.79 Å². The summed E-state index contributed by atoms with van der Waals surface area (Å²) in [4.78, 5) is 13.2. The Morgan fingerprint density at radius 3 is 2.67 bits per heavy atom. The number of rotatable bonds is 4. The summed E-state index contributed by atoms with van der Waals surface area (Å²) in [6, 6.07) is 13.3. The molecule has 2 N–H and O–H groups in total. The first-order valence-corrected chi connectivity index (χ1v) is 10.7. The average molecular weight is 437 g/mol. The van der Waals surface area contributed by atoms with Crippen LogP contribution in [0.5, 0.6) is 0 Å². The maximum atomic E-state index is 12.4. The third kappa shape index (κ3) is 3.94. The molecule has 30 heavy (non-hydrogen) atoms. The van der Waals surface area contributed by atoms with Gasteiger partial charge in [-0.1, -0.05) is 36.5 Å². The number of amides is 1. The van der Waals surface area contributed by atoms with E-state index in [1.165, 1.54) is 11.3 Å². The Labute approximate surface area is 183 Å². The standard InChI is InChI=1S/C21H20N6OS2/c1-4-17-24-25-21-27(17)26-19(30-21)14-9-10-16(13(3)11-14)22-20(29)23-18(28)15-8-6-5-7-12(15)2/h5-11H,4H2,1-3H3,(H2,22,23,28,29). The lowest BCUT2D eigenvalue weighted by Crippen LogP contribution is -2.34. The lowest BCUT2D eigenvalue weighted by atomic mass is 10.1. The first-order valence-electron chi connectivity index (χ1n) is 9.46. The van der Waals surface area contributed by atoms with E-state index in [0.717, 1.165) is 44.6 Å². The lowest BCUT2D eigenvalue weighted by molar-refractivity contribution is 0.0977. The molecule has 0 spiro atoms. The molecule has 9 heteroatoms. The molecule has 0 unspecified atom stereocenters. The Morgan fingerprint density at radius 1 is 1.13 bits per heavy atom. The topological polar surface area (TPSA) is 84.2 Å². The van der Waals surface area contributed by atoms with Gasteiger partial charge in [-0.05, 0) is 61.5 Å². The van der Waals surface area contributed by atoms with Crippen LogP contribution in [-0.2, 0) is 6.42 Å². The molecule has 0 saturated carbocycles. The predicted octanol–water partition coefficient (Wildman–Crippen LogP) is 4.16. The molecule has 0 aliphatic rings. The first kappa shape index (κ1) is 20.1. The zero-order valence-electron chi connectivity index (χ0n) is 16.8. The van der Waals surface area contributed by atoms with Gasteiger partial charge in [0.25, 0.3) is 5.91 Å². The summed E-state index contributed by atoms with van der Waals surface area (Å²) in [5.41, 5.74) is 4.30. The summed E-state index contributed by atoms with van der Waals surface area (Å²) in [6.45, 7) is 5.90. The van der Waals surface area contributed by atoms with Crippen molar-refractivity contribution in [3.8, 4) is 10.6 Å². The fraction of sp³-hybridized carbons (Fsp3) is 0.190. The molecule has 152 valence electrons. The number of carbonyl (C=O) groups is 1. The maximum absolute atomic E-state index is 12.4. The van der Waals surface area contributed by atoms with E-state index in [0.29, 0.717) is 5.56 Å². The van der Waals surface area contributed by atoms with Crippen LogP contribution < -0.4 is 10.6 Å². The number of hydrogen-bond donors (Lipinski definition) is 2. The van der Waals surface area contributed by atoms with Crippen molar-refractivity contribution in [1.82, 2.24) is 25.1 Å². The SMILES string of the molecule is CCc1nnc2sc(-c3ccc(NC(=S)NC(=O)c4ccccc4C)c(C)c3)nn12. The van der Waals surface area contributed by atoms with E-state index in [2.05, 4.69) is 25.9 Å². The number of carbonyl (C=O) groups excluding carboxylic acids is 1. The maximum Gasteiger partial charge on any atom is 0.257 e. The van der Waals surface area contributed by atoms with Gasteiger partial charge in [0.2, 0.25) is 4.96 Å². The molecule has 2 aromatic carbocycles. The minimum Gasteiger partial charge on any atom is -0.332 e. The van der Waals surface area contributed by atoms with Crippen LogP contribution in [-0.4, -0.2) is 30.8 Å². The molecule has 2 aromatic heterocycles. The minimum atomic E-state index is -0.230. The second kappa shape index (κ2) is 8.29. The van der Waals surface area contributed by atoms with Crippen LogP contribution in [0.25, 0.3) is 15.5 Å². The van der Waals surface area contributed by atoms with Crippen LogP contribution in [0.2, 0.25) is 0 Å². The molecule has 7 nitrogen and oxygen atoms in total. The van der Waals surface area contributed by atoms with Crippen LogP contribution in [0.3, 0.4) is 0 Å². The smallest absolute Gasteiger partial charge is 0.257 e. The highest BCUT2D eigenvalue weighted by atomic mass is 32.1. The quantitative estimate of drug-likeness (QED) is 0.468. The van der Waals surface area contributed by atoms with Crippen LogP contribution in [0.15, 0.2) is 42.5 Å². The van der Waals surface area contributed by atoms with Gasteiger partial charge in [-0.15, -0.1) is 10.2 Å². The van der Waals surface area contributed by atoms with E-state index >= 15 is 0 Å². The van der Waals surface area contributed by atoms with Crippen molar-refractivity contribution in [3.63, 3.8) is 0 Å². The number of aromatic nitrogens is 4. The molecule has 0 saturated heterocycles. The number of benzene rings is 2. The molecular formula is C21H20N6OS2. The summed E-state index contributed by atoms with van der Waals surface area (Å²) in [7, 11) is 0. The number of nitrogens with one attached hydrogen (secondary N) is 2. The second-order valence-corrected chi connectivity index (χ2v) is 8.19. The van der Waals surface area contributed by atoms with E-state index < -0.39 is 0 Å². The van der Waals surface area contributed by atoms with Gasteiger partial charge in [-0.3, -0.25) is 10.1 Å². The zero-order chi connectivity index (χ0) is 21.3. The van der Waals surface area contributed by atoms with Crippen molar-refractivity contribution in [3.05, 3.63) is 65.0 Å². The summed E-state index contributed by atoms with van der Waals surface area (Å²) >= 11 is 6.83. The highest BCUT2D eigenvalue weighted by Crippen LogP contribution is 2.28. The van der Waals surface area contributed by atoms with Gasteiger partial charge in [0.1, 0.15) is 5.01 Å². The van der Waals surface area contributed by atoms with Gasteiger partial charge in [0.05, 0.1) is 0 Å². The third-order valence-corrected chi connectivity index (χ3v) is 5.86.